The number of hydrogen-bond donors (Lipinski definition) is 0. The average Bonchev–Trinajstić information content (AvgIpc) is 2.78. The first kappa shape index (κ1) is 12.7. The van der Waals surface area contributed by atoms with Crippen LogP contribution < -0.4 is 4.74 Å². The molecule has 2 rings (SSSR count). The molecule has 0 bridgehead atoms. The van der Waals surface area contributed by atoms with E-state index in [1.54, 1.807) is 26.0 Å². The summed E-state index contributed by atoms with van der Waals surface area (Å²) in [6.45, 7) is 0.939. The molecule has 17 heavy (non-hydrogen) atoms. The van der Waals surface area contributed by atoms with Gasteiger partial charge in [-0.3, -0.25) is 0 Å². The number of benzene rings is 1. The van der Waals surface area contributed by atoms with Crippen LogP contribution in [0.5, 0.6) is 5.75 Å². The highest BCUT2D eigenvalue weighted by molar-refractivity contribution is 8.23. The second kappa shape index (κ2) is 5.71. The van der Waals surface area contributed by atoms with Gasteiger partial charge in [0.05, 0.1) is 7.11 Å². The van der Waals surface area contributed by atoms with Crippen LogP contribution in [0.25, 0.3) is 0 Å². The molecule has 1 atom stereocenters. The second-order valence-electron chi connectivity index (χ2n) is 3.67. The Hall–Kier alpha value is -0.780. The molecule has 0 spiro atoms. The molecule has 3 nitrogen and oxygen atoms in total. The highest BCUT2D eigenvalue weighted by atomic mass is 32.2. The molecule has 5 heteroatoms. The van der Waals surface area contributed by atoms with E-state index in [1.165, 1.54) is 0 Å². The Morgan fingerprint density at radius 1 is 1.29 bits per heavy atom. The van der Waals surface area contributed by atoms with Crippen LogP contribution in [0.15, 0.2) is 24.3 Å². The number of hydrogen-bond acceptors (Lipinski definition) is 4. The molecule has 1 fully saturated rings. The van der Waals surface area contributed by atoms with Crippen molar-refractivity contribution >= 4 is 28.3 Å². The van der Waals surface area contributed by atoms with Crippen molar-refractivity contribution in [3.8, 4) is 5.75 Å². The van der Waals surface area contributed by atoms with Crippen molar-refractivity contribution in [3.05, 3.63) is 29.8 Å². The minimum atomic E-state index is -0.0941. The Balaban J connectivity index is 2.19. The molecule has 0 radical (unpaired) electrons. The maximum Gasteiger partial charge on any atom is 0.157 e. The maximum atomic E-state index is 5.55. The summed E-state index contributed by atoms with van der Waals surface area (Å²) in [5.41, 5.74) is 1.10. The number of ether oxygens (including phenoxy) is 2. The predicted octanol–water partition coefficient (Wildman–Crippen LogP) is 2.67. The van der Waals surface area contributed by atoms with Crippen molar-refractivity contribution in [1.29, 1.82) is 0 Å². The van der Waals surface area contributed by atoms with Crippen LogP contribution in [0, 0.1) is 0 Å². The molecule has 0 amide bonds. The first-order valence-corrected chi connectivity index (χ1v) is 6.76. The molecular formula is C12H15NO2S2. The van der Waals surface area contributed by atoms with Crippen LogP contribution in [-0.2, 0) is 4.74 Å². The van der Waals surface area contributed by atoms with Crippen molar-refractivity contribution in [1.82, 2.24) is 4.90 Å². The molecule has 1 aromatic rings. The molecule has 1 aliphatic heterocycles. The highest BCUT2D eigenvalue weighted by Gasteiger charge is 2.26. The largest absolute Gasteiger partial charge is 0.497 e. The van der Waals surface area contributed by atoms with Gasteiger partial charge in [0.2, 0.25) is 0 Å². The van der Waals surface area contributed by atoms with E-state index in [0.29, 0.717) is 0 Å². The summed E-state index contributed by atoms with van der Waals surface area (Å²) < 4.78 is 11.6. The molecule has 0 aromatic heterocycles. The Morgan fingerprint density at radius 3 is 2.47 bits per heavy atom. The topological polar surface area (TPSA) is 21.7 Å². The summed E-state index contributed by atoms with van der Waals surface area (Å²) in [6, 6.07) is 7.90. The molecule has 92 valence electrons. The van der Waals surface area contributed by atoms with Crippen LogP contribution in [0.4, 0.5) is 0 Å². The van der Waals surface area contributed by atoms with Gasteiger partial charge in [0.25, 0.3) is 0 Å². The first-order chi connectivity index (χ1) is 8.26. The zero-order valence-corrected chi connectivity index (χ0v) is 11.5. The van der Waals surface area contributed by atoms with E-state index in [4.69, 9.17) is 21.7 Å². The minimum Gasteiger partial charge on any atom is -0.497 e. The fourth-order valence-corrected chi connectivity index (χ4v) is 3.08. The number of rotatable bonds is 4. The summed E-state index contributed by atoms with van der Waals surface area (Å²) in [5, 5.41) is 0. The third-order valence-corrected chi connectivity index (χ3v) is 4.16. The molecule has 1 aromatic carbocycles. The Labute approximate surface area is 111 Å². The SMILES string of the molecule is COc1ccc(C(OC)N2CCSC2=S)cc1. The number of thioether (sulfide) groups is 1. The van der Waals surface area contributed by atoms with Gasteiger partial charge in [-0.1, -0.05) is 36.1 Å². The van der Waals surface area contributed by atoms with Crippen molar-refractivity contribution in [2.24, 2.45) is 0 Å². The molecule has 0 saturated carbocycles. The Kier molecular flexibility index (Phi) is 4.25. The Morgan fingerprint density at radius 2 is 2.00 bits per heavy atom. The van der Waals surface area contributed by atoms with Gasteiger partial charge < -0.3 is 14.4 Å². The lowest BCUT2D eigenvalue weighted by Crippen LogP contribution is -2.29. The van der Waals surface area contributed by atoms with Crippen molar-refractivity contribution in [3.63, 3.8) is 0 Å². The van der Waals surface area contributed by atoms with E-state index >= 15 is 0 Å². The summed E-state index contributed by atoms with van der Waals surface area (Å²) in [5.74, 6) is 1.89. The van der Waals surface area contributed by atoms with Gasteiger partial charge in [0, 0.05) is 25.0 Å². The van der Waals surface area contributed by atoms with Crippen molar-refractivity contribution in [2.75, 3.05) is 26.5 Å². The third kappa shape index (κ3) is 2.73. The highest BCUT2D eigenvalue weighted by Crippen LogP contribution is 2.30. The van der Waals surface area contributed by atoms with Gasteiger partial charge in [-0.2, -0.15) is 0 Å². The smallest absolute Gasteiger partial charge is 0.157 e. The minimum absolute atomic E-state index is 0.0941. The van der Waals surface area contributed by atoms with E-state index < -0.39 is 0 Å². The summed E-state index contributed by atoms with van der Waals surface area (Å²) in [6.07, 6.45) is -0.0941. The first-order valence-electron chi connectivity index (χ1n) is 5.36. The fraction of sp³-hybridized carbons (Fsp3) is 0.417. The second-order valence-corrected chi connectivity index (χ2v) is 5.40. The lowest BCUT2D eigenvalue weighted by molar-refractivity contribution is 0.0130. The van der Waals surface area contributed by atoms with E-state index in [0.717, 1.165) is 27.9 Å². The standard InChI is InChI=1S/C12H15NO2S2/c1-14-10-5-3-9(4-6-10)11(15-2)13-7-8-17-12(13)16/h3-6,11H,7-8H2,1-2H3. The monoisotopic (exact) mass is 269 g/mol. The lowest BCUT2D eigenvalue weighted by atomic mass is 10.2. The molecule has 1 aliphatic rings. The zero-order valence-electron chi connectivity index (χ0n) is 9.88. The summed E-state index contributed by atoms with van der Waals surface area (Å²) >= 11 is 7.02. The Bertz CT molecular complexity index is 394. The van der Waals surface area contributed by atoms with E-state index in [-0.39, 0.29) is 6.23 Å². The van der Waals surface area contributed by atoms with Crippen LogP contribution in [0.3, 0.4) is 0 Å². The van der Waals surface area contributed by atoms with Crippen LogP contribution >= 0.6 is 24.0 Å². The average molecular weight is 269 g/mol. The van der Waals surface area contributed by atoms with E-state index in [9.17, 15) is 0 Å². The quantitative estimate of drug-likeness (QED) is 0.781. The maximum absolute atomic E-state index is 5.55. The zero-order chi connectivity index (χ0) is 12.3. The summed E-state index contributed by atoms with van der Waals surface area (Å²) in [4.78, 5) is 2.11. The molecular weight excluding hydrogens is 254 g/mol. The number of methoxy groups -OCH3 is 2. The molecule has 0 aliphatic carbocycles. The lowest BCUT2D eigenvalue weighted by Gasteiger charge is -2.27. The van der Waals surface area contributed by atoms with Crippen LogP contribution in [-0.4, -0.2) is 35.7 Å². The normalized spacial score (nSPS) is 17.3. The van der Waals surface area contributed by atoms with Crippen LogP contribution in [0.2, 0.25) is 0 Å². The van der Waals surface area contributed by atoms with Crippen molar-refractivity contribution < 1.29 is 9.47 Å². The molecule has 1 saturated heterocycles. The fourth-order valence-electron chi connectivity index (χ4n) is 1.83. The summed E-state index contributed by atoms with van der Waals surface area (Å²) in [7, 11) is 3.37. The predicted molar refractivity (Wildman–Crippen MR) is 74.5 cm³/mol. The van der Waals surface area contributed by atoms with Gasteiger partial charge in [0.15, 0.2) is 6.23 Å². The van der Waals surface area contributed by atoms with Gasteiger partial charge in [-0.15, -0.1) is 0 Å². The molecule has 1 heterocycles. The number of nitrogens with zero attached hydrogens (tertiary/aromatic N) is 1. The van der Waals surface area contributed by atoms with Gasteiger partial charge in [0.1, 0.15) is 10.1 Å². The molecule has 1 unspecified atom stereocenters. The van der Waals surface area contributed by atoms with Crippen molar-refractivity contribution in [2.45, 2.75) is 6.23 Å². The van der Waals surface area contributed by atoms with Gasteiger partial charge in [-0.05, 0) is 12.1 Å². The third-order valence-electron chi connectivity index (χ3n) is 2.70. The number of thiocarbonyl (C=S) groups is 1. The molecule has 0 N–H and O–H groups in total. The van der Waals surface area contributed by atoms with Crippen LogP contribution in [0.1, 0.15) is 11.8 Å². The van der Waals surface area contributed by atoms with Gasteiger partial charge >= 0.3 is 0 Å². The van der Waals surface area contributed by atoms with Gasteiger partial charge in [-0.25, -0.2) is 0 Å². The van der Waals surface area contributed by atoms with E-state index in [2.05, 4.69) is 4.90 Å². The van der Waals surface area contributed by atoms with E-state index in [1.807, 2.05) is 24.3 Å².